The summed E-state index contributed by atoms with van der Waals surface area (Å²) in [5.41, 5.74) is 9.13. The predicted octanol–water partition coefficient (Wildman–Crippen LogP) is 5.17. The van der Waals surface area contributed by atoms with Gasteiger partial charge in [-0.15, -0.1) is 0 Å². The van der Waals surface area contributed by atoms with Crippen molar-refractivity contribution in [2.75, 3.05) is 18.4 Å². The largest absolute Gasteiger partial charge is 0.506 e. The summed E-state index contributed by atoms with van der Waals surface area (Å²) in [5.74, 6) is 0.0448. The summed E-state index contributed by atoms with van der Waals surface area (Å²) >= 11 is 6.16. The van der Waals surface area contributed by atoms with Gasteiger partial charge in [0.05, 0.1) is 16.3 Å². The molecule has 2 unspecified atom stereocenters. The number of nitrogens with one attached hydrogen (secondary N) is 1. The van der Waals surface area contributed by atoms with E-state index in [0.717, 1.165) is 37.1 Å². The minimum Gasteiger partial charge on any atom is -0.506 e. The highest BCUT2D eigenvalue weighted by atomic mass is 35.5. The quantitative estimate of drug-likeness (QED) is 0.501. The van der Waals surface area contributed by atoms with E-state index in [9.17, 15) is 15.2 Å². The van der Waals surface area contributed by atoms with Gasteiger partial charge in [0.2, 0.25) is 0 Å². The fourth-order valence-electron chi connectivity index (χ4n) is 4.75. The molecule has 0 saturated carbocycles. The molecule has 0 aromatic heterocycles. The summed E-state index contributed by atoms with van der Waals surface area (Å²) in [7, 11) is 0. The second-order valence-electron chi connectivity index (χ2n) is 8.74. The van der Waals surface area contributed by atoms with E-state index >= 15 is 0 Å². The van der Waals surface area contributed by atoms with Crippen molar-refractivity contribution in [1.82, 2.24) is 4.90 Å². The standard InChI is InChI=1S/C27H28ClN5O2/c1-2-17-11-12-31-26(30)21(15-29)25(17)33-13-5-6-19(16-33)18-9-10-24(34)23(14-18)32-27(35)20-7-3-4-8-22(20)28/h3-4,7-12,14,17,19,34H,2,5-6,13,16H2,1H3,(H2,30,31)(H,32,35). The van der Waals surface area contributed by atoms with Crippen molar-refractivity contribution in [1.29, 1.82) is 5.26 Å². The van der Waals surface area contributed by atoms with Gasteiger partial charge in [0.15, 0.2) is 0 Å². The van der Waals surface area contributed by atoms with Crippen LogP contribution < -0.4 is 11.1 Å². The number of nitriles is 1. The van der Waals surface area contributed by atoms with Gasteiger partial charge in [-0.25, -0.2) is 4.99 Å². The zero-order valence-electron chi connectivity index (χ0n) is 19.5. The van der Waals surface area contributed by atoms with Crippen molar-refractivity contribution in [3.63, 3.8) is 0 Å². The van der Waals surface area contributed by atoms with Crippen molar-refractivity contribution in [3.8, 4) is 11.8 Å². The number of aliphatic imine (C=N–C) groups is 1. The van der Waals surface area contributed by atoms with E-state index in [1.54, 1.807) is 36.5 Å². The average molecular weight is 490 g/mol. The van der Waals surface area contributed by atoms with Gasteiger partial charge in [0.1, 0.15) is 23.2 Å². The number of likely N-dealkylation sites (tertiary alicyclic amines) is 1. The second kappa shape index (κ2) is 10.7. The lowest BCUT2D eigenvalue weighted by atomic mass is 9.87. The molecule has 1 amide bonds. The second-order valence-corrected chi connectivity index (χ2v) is 9.15. The summed E-state index contributed by atoms with van der Waals surface area (Å²) < 4.78 is 0. The number of allylic oxidation sites excluding steroid dienone is 1. The smallest absolute Gasteiger partial charge is 0.257 e. The first-order valence-electron chi connectivity index (χ1n) is 11.7. The van der Waals surface area contributed by atoms with Gasteiger partial charge in [-0.2, -0.15) is 5.26 Å². The van der Waals surface area contributed by atoms with Crippen LogP contribution in [0.3, 0.4) is 0 Å². The predicted molar refractivity (Wildman–Crippen MR) is 138 cm³/mol. The average Bonchev–Trinajstić information content (AvgIpc) is 3.03. The van der Waals surface area contributed by atoms with Gasteiger partial charge < -0.3 is 21.1 Å². The zero-order valence-corrected chi connectivity index (χ0v) is 20.3. The molecule has 1 saturated heterocycles. The molecule has 180 valence electrons. The van der Waals surface area contributed by atoms with E-state index in [-0.39, 0.29) is 29.3 Å². The first kappa shape index (κ1) is 24.4. The van der Waals surface area contributed by atoms with Gasteiger partial charge in [0, 0.05) is 36.8 Å². The number of nitrogens with two attached hydrogens (primary N) is 1. The Balaban J connectivity index is 1.60. The van der Waals surface area contributed by atoms with Gasteiger partial charge in [-0.1, -0.05) is 42.8 Å². The molecule has 0 spiro atoms. The number of hydrogen-bond donors (Lipinski definition) is 3. The Morgan fingerprint density at radius 3 is 2.89 bits per heavy atom. The lowest BCUT2D eigenvalue weighted by Crippen LogP contribution is -2.37. The van der Waals surface area contributed by atoms with E-state index in [4.69, 9.17) is 17.3 Å². The monoisotopic (exact) mass is 489 g/mol. The molecule has 2 heterocycles. The van der Waals surface area contributed by atoms with Crippen LogP contribution in [0.15, 0.2) is 71.0 Å². The normalized spacial score (nSPS) is 20.1. The molecule has 2 aliphatic rings. The third-order valence-corrected chi connectivity index (χ3v) is 6.90. The fourth-order valence-corrected chi connectivity index (χ4v) is 4.97. The molecule has 2 atom stereocenters. The van der Waals surface area contributed by atoms with Gasteiger partial charge in [0.25, 0.3) is 5.91 Å². The lowest BCUT2D eigenvalue weighted by Gasteiger charge is -2.38. The van der Waals surface area contributed by atoms with Crippen molar-refractivity contribution in [2.24, 2.45) is 16.6 Å². The maximum Gasteiger partial charge on any atom is 0.257 e. The van der Waals surface area contributed by atoms with E-state index in [2.05, 4.69) is 28.2 Å². The van der Waals surface area contributed by atoms with Crippen molar-refractivity contribution < 1.29 is 9.90 Å². The SMILES string of the molecule is CCC1C=CN=C(N)C(C#N)=C1N1CCCC(c2ccc(O)c(NC(=O)c3ccccc3Cl)c2)C1. The van der Waals surface area contributed by atoms with E-state index in [1.165, 1.54) is 0 Å². The number of rotatable bonds is 5. The Bertz CT molecular complexity index is 1260. The molecule has 2 aromatic rings. The maximum absolute atomic E-state index is 12.8. The summed E-state index contributed by atoms with van der Waals surface area (Å²) in [6, 6.07) is 14.4. The first-order valence-corrected chi connectivity index (χ1v) is 12.1. The Labute approximate surface area is 210 Å². The molecule has 8 heteroatoms. The third-order valence-electron chi connectivity index (χ3n) is 6.57. The Hall–Kier alpha value is -3.76. The lowest BCUT2D eigenvalue weighted by molar-refractivity contribution is 0.102. The molecule has 1 fully saturated rings. The third kappa shape index (κ3) is 5.18. The summed E-state index contributed by atoms with van der Waals surface area (Å²) in [6.45, 7) is 3.60. The Morgan fingerprint density at radius 2 is 2.14 bits per heavy atom. The molecule has 35 heavy (non-hydrogen) atoms. The molecule has 2 aliphatic heterocycles. The number of amidine groups is 1. The van der Waals surface area contributed by atoms with Crippen LogP contribution in [0.4, 0.5) is 5.69 Å². The number of benzene rings is 2. The number of phenolic OH excluding ortho intramolecular Hbond substituents is 1. The van der Waals surface area contributed by atoms with Crippen molar-refractivity contribution in [3.05, 3.63) is 82.2 Å². The molecular weight excluding hydrogens is 462 g/mol. The number of aromatic hydroxyl groups is 1. The molecule has 4 N–H and O–H groups in total. The van der Waals surface area contributed by atoms with Crippen molar-refractivity contribution >= 4 is 29.0 Å². The van der Waals surface area contributed by atoms with E-state index in [0.29, 0.717) is 28.4 Å². The highest BCUT2D eigenvalue weighted by Gasteiger charge is 2.30. The number of carbonyl (C=O) groups is 1. The van der Waals surface area contributed by atoms with Crippen LogP contribution in [-0.4, -0.2) is 34.8 Å². The summed E-state index contributed by atoms with van der Waals surface area (Å²) in [6.07, 6.45) is 6.40. The zero-order chi connectivity index (χ0) is 24.9. The van der Waals surface area contributed by atoms with Crippen LogP contribution in [0, 0.1) is 17.2 Å². The number of carbonyl (C=O) groups excluding carboxylic acids is 1. The van der Waals surface area contributed by atoms with Gasteiger partial charge >= 0.3 is 0 Å². The highest BCUT2D eigenvalue weighted by molar-refractivity contribution is 6.34. The number of anilines is 1. The summed E-state index contributed by atoms with van der Waals surface area (Å²) in [4.78, 5) is 19.2. The molecule has 4 rings (SSSR count). The fraction of sp³-hybridized carbons (Fsp3) is 0.296. The minimum atomic E-state index is -0.386. The van der Waals surface area contributed by atoms with Crippen LogP contribution in [0.2, 0.25) is 5.02 Å². The van der Waals surface area contributed by atoms with Crippen molar-refractivity contribution in [2.45, 2.75) is 32.1 Å². The first-order chi connectivity index (χ1) is 16.9. The molecular formula is C27H28ClN5O2. The molecule has 0 bridgehead atoms. The topological polar surface area (TPSA) is 115 Å². The molecule has 7 nitrogen and oxygen atoms in total. The summed E-state index contributed by atoms with van der Waals surface area (Å²) in [5, 5.41) is 23.4. The molecule has 0 radical (unpaired) electrons. The van der Waals surface area contributed by atoms with Crippen LogP contribution in [-0.2, 0) is 0 Å². The number of hydrogen-bond acceptors (Lipinski definition) is 6. The number of phenols is 1. The number of amides is 1. The van der Waals surface area contributed by atoms with E-state index < -0.39 is 0 Å². The van der Waals surface area contributed by atoms with Crippen LogP contribution in [0.1, 0.15) is 48.0 Å². The molecule has 2 aromatic carbocycles. The Morgan fingerprint density at radius 1 is 1.34 bits per heavy atom. The number of nitrogens with zero attached hydrogens (tertiary/aromatic N) is 3. The van der Waals surface area contributed by atoms with Crippen LogP contribution >= 0.6 is 11.6 Å². The minimum absolute atomic E-state index is 0.0137. The van der Waals surface area contributed by atoms with Crippen LogP contribution in [0.5, 0.6) is 5.75 Å². The van der Waals surface area contributed by atoms with Gasteiger partial charge in [-0.3, -0.25) is 4.79 Å². The number of halogens is 1. The van der Waals surface area contributed by atoms with E-state index in [1.807, 2.05) is 18.2 Å². The highest BCUT2D eigenvalue weighted by Crippen LogP contribution is 2.36. The van der Waals surface area contributed by atoms with Gasteiger partial charge in [-0.05, 0) is 49.1 Å². The number of piperidine rings is 1. The molecule has 0 aliphatic carbocycles. The maximum atomic E-state index is 12.8. The Kier molecular flexibility index (Phi) is 7.42. The van der Waals surface area contributed by atoms with Crippen LogP contribution in [0.25, 0.3) is 0 Å².